The third kappa shape index (κ3) is 6.50. The Labute approximate surface area is 124 Å². The highest BCUT2D eigenvalue weighted by molar-refractivity contribution is 6.01. The van der Waals surface area contributed by atoms with Crippen LogP contribution < -0.4 is 0 Å². The summed E-state index contributed by atoms with van der Waals surface area (Å²) in [7, 11) is 2.28. The summed E-state index contributed by atoms with van der Waals surface area (Å²) in [6, 6.07) is -0.135. The first-order valence-corrected chi connectivity index (χ1v) is 6.49. The van der Waals surface area contributed by atoms with Gasteiger partial charge in [0.15, 0.2) is 0 Å². The number of aliphatic hydroxyl groups is 1. The van der Waals surface area contributed by atoms with Gasteiger partial charge in [0.2, 0.25) is 5.79 Å². The van der Waals surface area contributed by atoms with Gasteiger partial charge in [-0.05, 0) is 27.7 Å². The average Bonchev–Trinajstić information content (AvgIpc) is 2.40. The zero-order chi connectivity index (χ0) is 16.6. The van der Waals surface area contributed by atoms with E-state index in [0.29, 0.717) is 0 Å². The molecular weight excluding hydrogens is 278 g/mol. The maximum Gasteiger partial charge on any atom is 0.339 e. The van der Waals surface area contributed by atoms with Crippen molar-refractivity contribution in [3.05, 3.63) is 11.6 Å². The van der Waals surface area contributed by atoms with Crippen LogP contribution in [0.25, 0.3) is 0 Å². The van der Waals surface area contributed by atoms with Crippen molar-refractivity contribution >= 4 is 18.2 Å². The number of nitrogens with zero attached hydrogens (tertiary/aromatic N) is 1. The van der Waals surface area contributed by atoms with E-state index in [9.17, 15) is 14.7 Å². The van der Waals surface area contributed by atoms with Gasteiger partial charge in [0.25, 0.3) is 0 Å². The van der Waals surface area contributed by atoms with E-state index in [1.165, 1.54) is 0 Å². The number of methoxy groups -OCH3 is 2. The number of carbonyl (C=O) groups excluding carboxylic acids is 2. The van der Waals surface area contributed by atoms with Crippen LogP contribution in [-0.4, -0.2) is 55.4 Å². The average molecular weight is 301 g/mol. The number of ether oxygens (including phenoxy) is 3. The van der Waals surface area contributed by atoms with E-state index in [-0.39, 0.29) is 6.04 Å². The summed E-state index contributed by atoms with van der Waals surface area (Å²) in [5.74, 6) is -3.92. The van der Waals surface area contributed by atoms with Crippen LogP contribution in [0.5, 0.6) is 0 Å². The lowest BCUT2D eigenvalue weighted by molar-refractivity contribution is -0.162. The minimum atomic E-state index is -2.18. The highest BCUT2D eigenvalue weighted by Gasteiger charge is 2.38. The van der Waals surface area contributed by atoms with Crippen LogP contribution >= 0.6 is 0 Å². The third-order valence-corrected chi connectivity index (χ3v) is 2.22. The van der Waals surface area contributed by atoms with E-state index in [2.05, 4.69) is 14.5 Å². The molecular formula is C14H23NO6. The molecule has 0 saturated carbocycles. The van der Waals surface area contributed by atoms with Crippen LogP contribution in [0.1, 0.15) is 27.7 Å². The van der Waals surface area contributed by atoms with Gasteiger partial charge in [-0.2, -0.15) is 0 Å². The molecule has 120 valence electrons. The molecule has 0 bridgehead atoms. The van der Waals surface area contributed by atoms with E-state index in [4.69, 9.17) is 4.74 Å². The molecule has 1 atom stereocenters. The van der Waals surface area contributed by atoms with Gasteiger partial charge in [-0.3, -0.25) is 4.99 Å². The zero-order valence-electron chi connectivity index (χ0n) is 13.2. The molecule has 0 aliphatic heterocycles. The van der Waals surface area contributed by atoms with Crippen LogP contribution in [0.2, 0.25) is 0 Å². The lowest BCUT2D eigenvalue weighted by atomic mass is 10.1. The van der Waals surface area contributed by atoms with Crippen LogP contribution in [0.3, 0.4) is 0 Å². The van der Waals surface area contributed by atoms with Crippen molar-refractivity contribution in [3.8, 4) is 0 Å². The molecule has 1 N–H and O–H groups in total. The molecule has 0 spiro atoms. The number of hydrogen-bond donors (Lipinski definition) is 1. The summed E-state index contributed by atoms with van der Waals surface area (Å²) in [5, 5.41) is 10.6. The van der Waals surface area contributed by atoms with Gasteiger partial charge in [0, 0.05) is 12.1 Å². The molecule has 0 aromatic carbocycles. The van der Waals surface area contributed by atoms with Crippen LogP contribution in [0.15, 0.2) is 16.6 Å². The van der Waals surface area contributed by atoms with Gasteiger partial charge in [0.1, 0.15) is 5.57 Å². The highest BCUT2D eigenvalue weighted by Crippen LogP contribution is 2.21. The maximum absolute atomic E-state index is 11.8. The Balaban J connectivity index is 5.83. The van der Waals surface area contributed by atoms with Gasteiger partial charge in [-0.25, -0.2) is 9.59 Å². The molecule has 0 fully saturated rings. The topological polar surface area (TPSA) is 94.4 Å². The van der Waals surface area contributed by atoms with E-state index in [1.54, 1.807) is 27.7 Å². The van der Waals surface area contributed by atoms with E-state index in [0.717, 1.165) is 26.5 Å². The summed E-state index contributed by atoms with van der Waals surface area (Å²) < 4.78 is 14.4. The second-order valence-corrected chi connectivity index (χ2v) is 4.81. The summed E-state index contributed by atoms with van der Waals surface area (Å²) in [6.45, 7) is 6.91. The molecule has 0 saturated heterocycles. The Morgan fingerprint density at radius 2 is 1.71 bits per heavy atom. The third-order valence-electron chi connectivity index (χ3n) is 2.22. The molecule has 0 amide bonds. The Morgan fingerprint density at radius 1 is 1.14 bits per heavy atom. The minimum absolute atomic E-state index is 0.135. The lowest BCUT2D eigenvalue weighted by Crippen LogP contribution is -2.43. The van der Waals surface area contributed by atoms with Gasteiger partial charge in [0.05, 0.1) is 26.5 Å². The second kappa shape index (κ2) is 8.53. The number of carbonyl (C=O) groups is 2. The van der Waals surface area contributed by atoms with E-state index in [1.807, 2.05) is 0 Å². The fourth-order valence-electron chi connectivity index (χ4n) is 1.37. The fourth-order valence-corrected chi connectivity index (χ4v) is 1.37. The van der Waals surface area contributed by atoms with Crippen molar-refractivity contribution in [1.82, 2.24) is 0 Å². The minimum Gasteiger partial charge on any atom is -0.466 e. The van der Waals surface area contributed by atoms with Crippen molar-refractivity contribution in [3.63, 3.8) is 0 Å². The van der Waals surface area contributed by atoms with E-state index >= 15 is 0 Å². The van der Waals surface area contributed by atoms with Gasteiger partial charge < -0.3 is 19.3 Å². The number of esters is 2. The molecule has 0 aliphatic carbocycles. The van der Waals surface area contributed by atoms with Crippen molar-refractivity contribution in [2.75, 3.05) is 14.2 Å². The standard InChI is InChI=1S/C14H23NO6/c1-9(2)15-8-14(18,21-10(3)4)11(13(17)20-6)7-12(16)19-5/h7-10,18H,1-6H3/b11-7+,15-8?. The fraction of sp³-hybridized carbons (Fsp3) is 0.643. The maximum atomic E-state index is 11.8. The van der Waals surface area contributed by atoms with Crippen LogP contribution in [-0.2, 0) is 23.8 Å². The molecule has 0 aromatic rings. The molecule has 7 nitrogen and oxygen atoms in total. The largest absolute Gasteiger partial charge is 0.466 e. The molecule has 0 heterocycles. The first-order valence-electron chi connectivity index (χ1n) is 6.49. The molecule has 1 unspecified atom stereocenters. The monoisotopic (exact) mass is 301 g/mol. The van der Waals surface area contributed by atoms with Crippen molar-refractivity contribution in [2.45, 2.75) is 45.6 Å². The second-order valence-electron chi connectivity index (χ2n) is 4.81. The molecule has 21 heavy (non-hydrogen) atoms. The molecule has 0 radical (unpaired) electrons. The van der Waals surface area contributed by atoms with Crippen molar-refractivity contribution in [2.24, 2.45) is 4.99 Å². The Kier molecular flexibility index (Phi) is 7.83. The first-order chi connectivity index (χ1) is 9.66. The van der Waals surface area contributed by atoms with Gasteiger partial charge in [-0.1, -0.05) is 0 Å². The normalized spacial score (nSPS) is 15.4. The summed E-state index contributed by atoms with van der Waals surface area (Å²) in [6.07, 6.45) is 1.46. The quantitative estimate of drug-likeness (QED) is 0.324. The predicted molar refractivity (Wildman–Crippen MR) is 76.9 cm³/mol. The SMILES string of the molecule is COC(=O)/C=C(\C(=O)OC)C(O)(C=NC(C)C)OC(C)C. The Morgan fingerprint density at radius 3 is 2.10 bits per heavy atom. The number of rotatable bonds is 7. The lowest BCUT2D eigenvalue weighted by Gasteiger charge is -2.27. The molecule has 0 aromatic heterocycles. The highest BCUT2D eigenvalue weighted by atomic mass is 16.6. The summed E-state index contributed by atoms with van der Waals surface area (Å²) >= 11 is 0. The molecule has 0 rings (SSSR count). The van der Waals surface area contributed by atoms with Crippen LogP contribution in [0.4, 0.5) is 0 Å². The first kappa shape index (κ1) is 19.3. The summed E-state index contributed by atoms with van der Waals surface area (Å²) in [4.78, 5) is 27.3. The summed E-state index contributed by atoms with van der Waals surface area (Å²) in [5.41, 5.74) is -0.407. The van der Waals surface area contributed by atoms with Gasteiger partial charge >= 0.3 is 11.9 Å². The zero-order valence-corrected chi connectivity index (χ0v) is 13.2. The van der Waals surface area contributed by atoms with Crippen molar-refractivity contribution in [1.29, 1.82) is 0 Å². The number of aliphatic imine (C=N–C) groups is 1. The molecule has 0 aliphatic rings. The molecule has 7 heteroatoms. The Hall–Kier alpha value is -1.73. The van der Waals surface area contributed by atoms with Crippen LogP contribution in [0, 0.1) is 0 Å². The number of hydrogen-bond acceptors (Lipinski definition) is 7. The van der Waals surface area contributed by atoms with Crippen molar-refractivity contribution < 1.29 is 28.9 Å². The smallest absolute Gasteiger partial charge is 0.339 e. The van der Waals surface area contributed by atoms with Gasteiger partial charge in [-0.15, -0.1) is 0 Å². The predicted octanol–water partition coefficient (Wildman–Crippen LogP) is 0.852. The van der Waals surface area contributed by atoms with E-state index < -0.39 is 29.4 Å². The Bertz CT molecular complexity index is 427.